The molecule has 2 rings (SSSR count). The van der Waals surface area contributed by atoms with E-state index in [0.29, 0.717) is 6.54 Å². The van der Waals surface area contributed by atoms with Gasteiger partial charge in [-0.15, -0.1) is 0 Å². The number of hydrogen-bond donors (Lipinski definition) is 3. The summed E-state index contributed by atoms with van der Waals surface area (Å²) >= 11 is 0. The third-order valence-electron chi connectivity index (χ3n) is 3.49. The molecule has 0 aromatic heterocycles. The lowest BCUT2D eigenvalue weighted by atomic mass is 10.1. The van der Waals surface area contributed by atoms with Crippen molar-refractivity contribution in [3.63, 3.8) is 0 Å². The predicted octanol–water partition coefficient (Wildman–Crippen LogP) is 2.93. The summed E-state index contributed by atoms with van der Waals surface area (Å²) in [5.41, 5.74) is 0.0783. The van der Waals surface area contributed by atoms with Crippen molar-refractivity contribution in [1.82, 2.24) is 5.32 Å². The van der Waals surface area contributed by atoms with E-state index in [4.69, 9.17) is 9.84 Å². The van der Waals surface area contributed by atoms with Crippen molar-refractivity contribution in [3.8, 4) is 5.75 Å². The Morgan fingerprint density at radius 2 is 1.88 bits per heavy atom. The summed E-state index contributed by atoms with van der Waals surface area (Å²) in [6.45, 7) is 0.293. The number of halogens is 3. The number of carboxylic acids is 1. The van der Waals surface area contributed by atoms with Gasteiger partial charge in [-0.1, -0.05) is 18.2 Å². The van der Waals surface area contributed by atoms with Gasteiger partial charge >= 0.3 is 12.1 Å². The van der Waals surface area contributed by atoms with Crippen molar-refractivity contribution < 1.29 is 32.9 Å². The molecule has 0 heterocycles. The minimum absolute atomic E-state index is 0.0213. The Kier molecular flexibility index (Phi) is 6.59. The van der Waals surface area contributed by atoms with Crippen LogP contribution < -0.4 is 10.1 Å². The first-order valence-corrected chi connectivity index (χ1v) is 7.77. The van der Waals surface area contributed by atoms with Crippen LogP contribution in [0.3, 0.4) is 0 Å². The zero-order valence-electron chi connectivity index (χ0n) is 13.7. The van der Waals surface area contributed by atoms with Gasteiger partial charge in [0.25, 0.3) is 0 Å². The van der Waals surface area contributed by atoms with E-state index in [1.807, 2.05) is 0 Å². The van der Waals surface area contributed by atoms with E-state index >= 15 is 0 Å². The molecule has 0 saturated carbocycles. The quantitative estimate of drug-likeness (QED) is 0.667. The standard InChI is InChI=1S/C18H18F3NO4/c19-18(20,21)14-5-2-6-16(8-14)26-11-15(23)10-22-9-12-3-1-4-13(7-12)17(24)25/h1-8,15,22-23H,9-11H2,(H,24,25). The molecular weight excluding hydrogens is 351 g/mol. The van der Waals surface area contributed by atoms with Crippen LogP contribution in [-0.2, 0) is 12.7 Å². The number of aromatic carboxylic acids is 1. The van der Waals surface area contributed by atoms with E-state index in [0.717, 1.165) is 17.7 Å². The minimum Gasteiger partial charge on any atom is -0.491 e. The van der Waals surface area contributed by atoms with Crippen molar-refractivity contribution in [1.29, 1.82) is 0 Å². The molecule has 2 aromatic carbocycles. The van der Waals surface area contributed by atoms with Crippen LogP contribution in [0.5, 0.6) is 5.75 Å². The van der Waals surface area contributed by atoms with Gasteiger partial charge in [0.1, 0.15) is 18.5 Å². The maximum absolute atomic E-state index is 12.6. The summed E-state index contributed by atoms with van der Waals surface area (Å²) in [6.07, 6.45) is -5.39. The lowest BCUT2D eigenvalue weighted by Gasteiger charge is -2.14. The second-order valence-electron chi connectivity index (χ2n) is 5.63. The molecule has 0 radical (unpaired) electrons. The van der Waals surface area contributed by atoms with Gasteiger partial charge in [0, 0.05) is 13.1 Å². The van der Waals surface area contributed by atoms with Crippen molar-refractivity contribution in [2.45, 2.75) is 18.8 Å². The maximum Gasteiger partial charge on any atom is 0.416 e. The topological polar surface area (TPSA) is 78.8 Å². The first-order valence-electron chi connectivity index (χ1n) is 7.77. The summed E-state index contributed by atoms with van der Waals surface area (Å²) < 4.78 is 43.1. The van der Waals surface area contributed by atoms with E-state index in [9.17, 15) is 23.1 Å². The van der Waals surface area contributed by atoms with Crippen LogP contribution in [0, 0.1) is 0 Å². The molecule has 0 spiro atoms. The fourth-order valence-electron chi connectivity index (χ4n) is 2.21. The number of carbonyl (C=O) groups is 1. The number of ether oxygens (including phenoxy) is 1. The molecule has 5 nitrogen and oxygen atoms in total. The van der Waals surface area contributed by atoms with Gasteiger partial charge < -0.3 is 20.3 Å². The Morgan fingerprint density at radius 1 is 1.15 bits per heavy atom. The predicted molar refractivity (Wildman–Crippen MR) is 88.1 cm³/mol. The Morgan fingerprint density at radius 3 is 2.58 bits per heavy atom. The van der Waals surface area contributed by atoms with Crippen molar-refractivity contribution in [2.24, 2.45) is 0 Å². The van der Waals surface area contributed by atoms with E-state index in [1.54, 1.807) is 12.1 Å². The number of alkyl halides is 3. The molecule has 0 amide bonds. The third kappa shape index (κ3) is 6.05. The minimum atomic E-state index is -4.45. The first-order chi connectivity index (χ1) is 12.3. The largest absolute Gasteiger partial charge is 0.491 e. The summed E-state index contributed by atoms with van der Waals surface area (Å²) in [6, 6.07) is 10.8. The van der Waals surface area contributed by atoms with Crippen LogP contribution in [0.2, 0.25) is 0 Å². The van der Waals surface area contributed by atoms with Gasteiger partial charge in [-0.05, 0) is 35.9 Å². The number of benzene rings is 2. The van der Waals surface area contributed by atoms with Crippen molar-refractivity contribution in [2.75, 3.05) is 13.2 Å². The molecule has 1 atom stereocenters. The Labute approximate surface area is 148 Å². The Bertz CT molecular complexity index is 749. The smallest absolute Gasteiger partial charge is 0.416 e. The molecule has 26 heavy (non-hydrogen) atoms. The first kappa shape index (κ1) is 19.7. The Hall–Kier alpha value is -2.58. The highest BCUT2D eigenvalue weighted by molar-refractivity contribution is 5.87. The summed E-state index contributed by atoms with van der Waals surface area (Å²) in [5, 5.41) is 21.7. The fourth-order valence-corrected chi connectivity index (χ4v) is 2.21. The molecule has 140 valence electrons. The highest BCUT2D eigenvalue weighted by atomic mass is 19.4. The van der Waals surface area contributed by atoms with Crippen LogP contribution in [0.15, 0.2) is 48.5 Å². The molecule has 0 saturated heterocycles. The van der Waals surface area contributed by atoms with Gasteiger partial charge in [-0.3, -0.25) is 0 Å². The monoisotopic (exact) mass is 369 g/mol. The number of aliphatic hydroxyl groups is 1. The van der Waals surface area contributed by atoms with Crippen LogP contribution in [0.4, 0.5) is 13.2 Å². The molecule has 0 fully saturated rings. The molecule has 8 heteroatoms. The molecule has 1 unspecified atom stereocenters. The lowest BCUT2D eigenvalue weighted by molar-refractivity contribution is -0.137. The van der Waals surface area contributed by atoms with Gasteiger partial charge in [-0.25, -0.2) is 4.79 Å². The molecule has 2 aromatic rings. The van der Waals surface area contributed by atoms with Crippen LogP contribution in [-0.4, -0.2) is 35.4 Å². The number of aliphatic hydroxyl groups excluding tert-OH is 1. The number of hydrogen-bond acceptors (Lipinski definition) is 4. The van der Waals surface area contributed by atoms with Gasteiger partial charge in [0.2, 0.25) is 0 Å². The summed E-state index contributed by atoms with van der Waals surface area (Å²) in [4.78, 5) is 10.9. The summed E-state index contributed by atoms with van der Waals surface area (Å²) in [7, 11) is 0. The average Bonchev–Trinajstić information content (AvgIpc) is 2.60. The zero-order chi connectivity index (χ0) is 19.2. The van der Waals surface area contributed by atoms with Crippen molar-refractivity contribution in [3.05, 3.63) is 65.2 Å². The zero-order valence-corrected chi connectivity index (χ0v) is 13.7. The molecule has 0 aliphatic rings. The lowest BCUT2D eigenvalue weighted by Crippen LogP contribution is -2.31. The number of nitrogens with one attached hydrogen (secondary N) is 1. The summed E-state index contributed by atoms with van der Waals surface area (Å²) in [5.74, 6) is -1.01. The molecule has 0 aliphatic heterocycles. The maximum atomic E-state index is 12.6. The van der Waals surface area contributed by atoms with E-state index in [2.05, 4.69) is 5.32 Å². The van der Waals surface area contributed by atoms with Crippen LogP contribution >= 0.6 is 0 Å². The number of carboxylic acid groups (broad SMARTS) is 1. The normalized spacial score (nSPS) is 12.6. The van der Waals surface area contributed by atoms with Gasteiger partial charge in [0.15, 0.2) is 0 Å². The van der Waals surface area contributed by atoms with Crippen molar-refractivity contribution >= 4 is 5.97 Å². The highest BCUT2D eigenvalue weighted by Crippen LogP contribution is 2.31. The van der Waals surface area contributed by atoms with E-state index < -0.39 is 23.8 Å². The number of rotatable bonds is 8. The molecule has 3 N–H and O–H groups in total. The van der Waals surface area contributed by atoms with Gasteiger partial charge in [0.05, 0.1) is 11.1 Å². The highest BCUT2D eigenvalue weighted by Gasteiger charge is 2.30. The SMILES string of the molecule is O=C(O)c1cccc(CNCC(O)COc2cccc(C(F)(F)F)c2)c1. The second-order valence-corrected chi connectivity index (χ2v) is 5.63. The molecular formula is C18H18F3NO4. The van der Waals surface area contributed by atoms with E-state index in [1.165, 1.54) is 24.3 Å². The Balaban J connectivity index is 1.78. The third-order valence-corrected chi connectivity index (χ3v) is 3.49. The average molecular weight is 369 g/mol. The van der Waals surface area contributed by atoms with Crippen LogP contribution in [0.1, 0.15) is 21.5 Å². The molecule has 0 aliphatic carbocycles. The van der Waals surface area contributed by atoms with E-state index in [-0.39, 0.29) is 24.5 Å². The second kappa shape index (κ2) is 8.68. The molecule has 0 bridgehead atoms. The fraction of sp³-hybridized carbons (Fsp3) is 0.278. The van der Waals surface area contributed by atoms with Gasteiger partial charge in [-0.2, -0.15) is 13.2 Å². The van der Waals surface area contributed by atoms with Crippen LogP contribution in [0.25, 0.3) is 0 Å².